The summed E-state index contributed by atoms with van der Waals surface area (Å²) < 4.78 is 18.9. The van der Waals surface area contributed by atoms with Crippen LogP contribution in [0, 0.1) is 5.82 Å². The number of nitrogens with zero attached hydrogens (tertiary/aromatic N) is 1. The molecule has 0 aliphatic rings. The van der Waals surface area contributed by atoms with Gasteiger partial charge in [-0.3, -0.25) is 0 Å². The number of aliphatic hydroxyl groups is 1. The molecule has 0 unspecified atom stereocenters. The van der Waals surface area contributed by atoms with Gasteiger partial charge < -0.3 is 20.8 Å². The number of rotatable bonds is 5. The number of nitrogens with two attached hydrogens (primary N) is 1. The zero-order valence-electron chi connectivity index (χ0n) is 11.2. The minimum atomic E-state index is -0.512. The molecule has 0 spiro atoms. The molecule has 0 saturated carbocycles. The molecule has 0 aromatic heterocycles. The summed E-state index contributed by atoms with van der Waals surface area (Å²) in [6.45, 7) is 0.0752. The molecule has 0 fully saturated rings. The predicted molar refractivity (Wildman–Crippen MR) is 76.2 cm³/mol. The first-order chi connectivity index (χ1) is 10.1. The van der Waals surface area contributed by atoms with Crippen LogP contribution in [0.3, 0.4) is 0 Å². The lowest BCUT2D eigenvalue weighted by molar-refractivity contribution is 0.299. The number of hydrogen-bond donors (Lipinski definition) is 3. The maximum absolute atomic E-state index is 13.2. The van der Waals surface area contributed by atoms with Gasteiger partial charge in [0.2, 0.25) is 0 Å². The first-order valence-corrected chi connectivity index (χ1v) is 6.29. The Bertz CT molecular complexity index is 642. The molecule has 0 aliphatic heterocycles. The van der Waals surface area contributed by atoms with Gasteiger partial charge in [-0.15, -0.1) is 0 Å². The minimum Gasteiger partial charge on any atom is -0.457 e. The Balaban J connectivity index is 2.26. The molecular weight excluding hydrogens is 275 g/mol. The SMILES string of the molecule is N/C(=N/O)c1cc(F)ccc1Oc1ccc(CCO)cc1. The minimum absolute atomic E-state index is 0.0752. The van der Waals surface area contributed by atoms with Crippen LogP contribution < -0.4 is 10.5 Å². The fraction of sp³-hybridized carbons (Fsp3) is 0.133. The first-order valence-electron chi connectivity index (χ1n) is 6.29. The maximum atomic E-state index is 13.2. The van der Waals surface area contributed by atoms with E-state index in [0.717, 1.165) is 11.6 Å². The molecule has 0 aliphatic carbocycles. The van der Waals surface area contributed by atoms with Crippen LogP contribution in [0.25, 0.3) is 0 Å². The molecule has 2 rings (SSSR count). The van der Waals surface area contributed by atoms with E-state index in [9.17, 15) is 4.39 Å². The Labute approximate surface area is 121 Å². The standard InChI is InChI=1S/C15H15FN2O3/c16-11-3-6-14(13(9-11)15(17)18-20)21-12-4-1-10(2-5-12)7-8-19/h1-6,9,19-20H,7-8H2,(H2,17,18). The lowest BCUT2D eigenvalue weighted by Crippen LogP contribution is -2.14. The van der Waals surface area contributed by atoms with Crippen LogP contribution in [0.4, 0.5) is 4.39 Å². The topological polar surface area (TPSA) is 88.1 Å². The molecule has 2 aromatic rings. The molecule has 0 saturated heterocycles. The maximum Gasteiger partial charge on any atom is 0.173 e. The summed E-state index contributed by atoms with van der Waals surface area (Å²) in [4.78, 5) is 0. The summed E-state index contributed by atoms with van der Waals surface area (Å²) in [5.74, 6) is 0.0561. The van der Waals surface area contributed by atoms with E-state index in [1.165, 1.54) is 12.1 Å². The van der Waals surface area contributed by atoms with E-state index in [2.05, 4.69) is 5.16 Å². The molecule has 0 heterocycles. The van der Waals surface area contributed by atoms with Gasteiger partial charge in [0.1, 0.15) is 17.3 Å². The van der Waals surface area contributed by atoms with Crippen molar-refractivity contribution in [2.75, 3.05) is 6.61 Å². The molecule has 0 bridgehead atoms. The Morgan fingerprint density at radius 3 is 2.52 bits per heavy atom. The van der Waals surface area contributed by atoms with Crippen molar-refractivity contribution in [3.63, 3.8) is 0 Å². The second-order valence-corrected chi connectivity index (χ2v) is 4.35. The monoisotopic (exact) mass is 290 g/mol. The number of hydrogen-bond acceptors (Lipinski definition) is 4. The molecule has 0 atom stereocenters. The van der Waals surface area contributed by atoms with Gasteiger partial charge in [-0.25, -0.2) is 4.39 Å². The zero-order chi connectivity index (χ0) is 15.2. The third-order valence-corrected chi connectivity index (χ3v) is 2.88. The Morgan fingerprint density at radius 1 is 1.19 bits per heavy atom. The zero-order valence-corrected chi connectivity index (χ0v) is 11.2. The van der Waals surface area contributed by atoms with Gasteiger partial charge in [0.05, 0.1) is 5.56 Å². The van der Waals surface area contributed by atoms with E-state index in [4.69, 9.17) is 20.8 Å². The van der Waals surface area contributed by atoms with Gasteiger partial charge in [-0.05, 0) is 42.3 Å². The van der Waals surface area contributed by atoms with Crippen molar-refractivity contribution in [3.05, 3.63) is 59.4 Å². The molecule has 2 aromatic carbocycles. The highest BCUT2D eigenvalue weighted by atomic mass is 19.1. The van der Waals surface area contributed by atoms with Crippen LogP contribution in [0.5, 0.6) is 11.5 Å². The van der Waals surface area contributed by atoms with Crippen LogP contribution in [0.1, 0.15) is 11.1 Å². The summed E-state index contributed by atoms with van der Waals surface area (Å²) >= 11 is 0. The second-order valence-electron chi connectivity index (χ2n) is 4.35. The molecule has 21 heavy (non-hydrogen) atoms. The van der Waals surface area contributed by atoms with Crippen molar-refractivity contribution in [2.45, 2.75) is 6.42 Å². The third-order valence-electron chi connectivity index (χ3n) is 2.88. The number of halogens is 1. The molecule has 4 N–H and O–H groups in total. The van der Waals surface area contributed by atoms with Crippen LogP contribution >= 0.6 is 0 Å². The average molecular weight is 290 g/mol. The Hall–Kier alpha value is -2.60. The fourth-order valence-corrected chi connectivity index (χ4v) is 1.83. The number of amidine groups is 1. The highest BCUT2D eigenvalue weighted by molar-refractivity contribution is 5.99. The van der Waals surface area contributed by atoms with Crippen molar-refractivity contribution >= 4 is 5.84 Å². The largest absolute Gasteiger partial charge is 0.457 e. The predicted octanol–water partition coefficient (Wildman–Crippen LogP) is 2.25. The summed E-state index contributed by atoms with van der Waals surface area (Å²) in [5, 5.41) is 20.4. The van der Waals surface area contributed by atoms with Gasteiger partial charge in [0, 0.05) is 6.61 Å². The normalized spacial score (nSPS) is 11.4. The van der Waals surface area contributed by atoms with Gasteiger partial charge in [0.25, 0.3) is 0 Å². The summed E-state index contributed by atoms with van der Waals surface area (Å²) in [6, 6.07) is 10.9. The number of oxime groups is 1. The number of benzene rings is 2. The lowest BCUT2D eigenvalue weighted by Gasteiger charge is -2.11. The van der Waals surface area contributed by atoms with E-state index in [0.29, 0.717) is 12.2 Å². The average Bonchev–Trinajstić information content (AvgIpc) is 2.50. The fourth-order valence-electron chi connectivity index (χ4n) is 1.83. The highest BCUT2D eigenvalue weighted by Gasteiger charge is 2.11. The first kappa shape index (κ1) is 14.8. The molecule has 0 radical (unpaired) electrons. The smallest absolute Gasteiger partial charge is 0.173 e. The van der Waals surface area contributed by atoms with E-state index in [1.807, 2.05) is 12.1 Å². The summed E-state index contributed by atoms with van der Waals surface area (Å²) in [6.07, 6.45) is 0.562. The summed E-state index contributed by atoms with van der Waals surface area (Å²) in [7, 11) is 0. The van der Waals surface area contributed by atoms with Crippen LogP contribution in [-0.2, 0) is 6.42 Å². The number of ether oxygens (including phenoxy) is 1. The van der Waals surface area contributed by atoms with E-state index in [1.54, 1.807) is 12.1 Å². The van der Waals surface area contributed by atoms with Crippen LogP contribution in [0.15, 0.2) is 47.6 Å². The van der Waals surface area contributed by atoms with Crippen molar-refractivity contribution in [1.29, 1.82) is 0 Å². The summed E-state index contributed by atoms with van der Waals surface area (Å²) in [5.41, 5.74) is 6.64. The second kappa shape index (κ2) is 6.71. The third kappa shape index (κ3) is 3.70. The van der Waals surface area contributed by atoms with Crippen molar-refractivity contribution in [2.24, 2.45) is 10.9 Å². The molecule has 5 nitrogen and oxygen atoms in total. The molecule has 110 valence electrons. The van der Waals surface area contributed by atoms with E-state index in [-0.39, 0.29) is 23.8 Å². The number of aliphatic hydroxyl groups excluding tert-OH is 1. The van der Waals surface area contributed by atoms with Crippen LogP contribution in [0.2, 0.25) is 0 Å². The van der Waals surface area contributed by atoms with Crippen molar-refractivity contribution in [1.82, 2.24) is 0 Å². The Kier molecular flexibility index (Phi) is 4.73. The quantitative estimate of drug-likeness (QED) is 0.341. The van der Waals surface area contributed by atoms with Crippen molar-refractivity contribution < 1.29 is 19.4 Å². The van der Waals surface area contributed by atoms with Gasteiger partial charge >= 0.3 is 0 Å². The van der Waals surface area contributed by atoms with Crippen LogP contribution in [-0.4, -0.2) is 22.8 Å². The Morgan fingerprint density at radius 2 is 1.90 bits per heavy atom. The van der Waals surface area contributed by atoms with Crippen molar-refractivity contribution in [3.8, 4) is 11.5 Å². The molecule has 6 heteroatoms. The highest BCUT2D eigenvalue weighted by Crippen LogP contribution is 2.26. The van der Waals surface area contributed by atoms with E-state index < -0.39 is 5.82 Å². The van der Waals surface area contributed by atoms with Gasteiger partial charge in [-0.1, -0.05) is 17.3 Å². The molecule has 0 amide bonds. The molecular formula is C15H15FN2O3. The lowest BCUT2D eigenvalue weighted by atomic mass is 10.1. The van der Waals surface area contributed by atoms with Gasteiger partial charge in [0.15, 0.2) is 5.84 Å². The van der Waals surface area contributed by atoms with E-state index >= 15 is 0 Å². The van der Waals surface area contributed by atoms with Gasteiger partial charge in [-0.2, -0.15) is 0 Å².